The van der Waals surface area contributed by atoms with E-state index in [4.69, 9.17) is 39.5 Å². The monoisotopic (exact) mass is 369 g/mol. The number of ether oxygens (including phenoxy) is 1. The molecule has 1 aliphatic heterocycles. The highest BCUT2D eigenvalue weighted by molar-refractivity contribution is 7.99. The quantitative estimate of drug-likeness (QED) is 0.460. The van der Waals surface area contributed by atoms with Gasteiger partial charge in [0.15, 0.2) is 0 Å². The van der Waals surface area contributed by atoms with E-state index in [1.165, 1.54) is 13.2 Å². The summed E-state index contributed by atoms with van der Waals surface area (Å²) in [5.41, 5.74) is 0.508. The van der Waals surface area contributed by atoms with Gasteiger partial charge in [-0.15, -0.1) is 0 Å². The zero-order valence-electron chi connectivity index (χ0n) is 11.3. The van der Waals surface area contributed by atoms with Crippen molar-refractivity contribution in [1.82, 2.24) is 4.57 Å². The average Bonchev–Trinajstić information content (AvgIpc) is 2.90. The van der Waals surface area contributed by atoms with Gasteiger partial charge in [-0.05, 0) is 24.7 Å². The normalized spacial score (nSPS) is 19.3. The van der Waals surface area contributed by atoms with E-state index in [0.717, 1.165) is 24.3 Å². The lowest BCUT2D eigenvalue weighted by Gasteiger charge is -2.24. The summed E-state index contributed by atoms with van der Waals surface area (Å²) in [4.78, 5) is 24.0. The number of esters is 1. The smallest absolute Gasteiger partial charge is 0.354 e. The molecule has 2 heterocycles. The fourth-order valence-electron chi connectivity index (χ4n) is 2.28. The Hall–Kier alpha value is -0.360. The third kappa shape index (κ3) is 3.89. The Morgan fingerprint density at radius 2 is 2.14 bits per heavy atom. The Morgan fingerprint density at radius 3 is 2.67 bits per heavy atom. The Kier molecular flexibility index (Phi) is 5.52. The zero-order valence-corrected chi connectivity index (χ0v) is 14.4. The number of Topliss-reactive ketones (excluding diaryl/α,β-unsaturated/α-hetero) is 1. The lowest BCUT2D eigenvalue weighted by Crippen LogP contribution is -2.20. The van der Waals surface area contributed by atoms with Gasteiger partial charge in [0, 0.05) is 23.6 Å². The molecule has 0 aromatic carbocycles. The molecule has 4 nitrogen and oxygen atoms in total. The van der Waals surface area contributed by atoms with Crippen molar-refractivity contribution >= 4 is 58.3 Å². The second-order valence-electron chi connectivity index (χ2n) is 4.71. The first kappa shape index (κ1) is 17.0. The molecule has 0 aliphatic carbocycles. The largest absolute Gasteiger partial charge is 0.464 e. The Balaban J connectivity index is 2.40. The minimum Gasteiger partial charge on any atom is -0.464 e. The summed E-state index contributed by atoms with van der Waals surface area (Å²) < 4.78 is 4.49. The lowest BCUT2D eigenvalue weighted by atomic mass is 10.2. The average molecular weight is 371 g/mol. The van der Waals surface area contributed by atoms with E-state index < -0.39 is 15.5 Å². The first-order valence-electron chi connectivity index (χ1n) is 6.34. The third-order valence-electron chi connectivity index (χ3n) is 3.29. The van der Waals surface area contributed by atoms with Crippen LogP contribution in [0.1, 0.15) is 39.7 Å². The molecule has 0 N–H and O–H groups in total. The highest BCUT2D eigenvalue weighted by atomic mass is 35.6. The maximum absolute atomic E-state index is 12.1. The van der Waals surface area contributed by atoms with Gasteiger partial charge >= 0.3 is 5.97 Å². The molecule has 21 heavy (non-hydrogen) atoms. The van der Waals surface area contributed by atoms with Gasteiger partial charge in [0.05, 0.1) is 7.11 Å². The number of rotatable bonds is 3. The summed E-state index contributed by atoms with van der Waals surface area (Å²) in [7, 11) is 1.30. The van der Waals surface area contributed by atoms with E-state index in [-0.39, 0.29) is 11.6 Å². The maximum Gasteiger partial charge on any atom is 0.354 e. The fourth-order valence-corrected chi connectivity index (χ4v) is 3.74. The van der Waals surface area contributed by atoms with Gasteiger partial charge in [-0.25, -0.2) is 4.79 Å². The lowest BCUT2D eigenvalue weighted by molar-refractivity contribution is 0.0586. The Morgan fingerprint density at radius 1 is 1.43 bits per heavy atom. The predicted molar refractivity (Wildman–Crippen MR) is 86.0 cm³/mol. The van der Waals surface area contributed by atoms with Gasteiger partial charge in [-0.2, -0.15) is 11.8 Å². The second-order valence-corrected chi connectivity index (χ2v) is 8.14. The number of nitrogens with zero attached hydrogens (tertiary/aromatic N) is 1. The van der Waals surface area contributed by atoms with Gasteiger partial charge < -0.3 is 9.30 Å². The van der Waals surface area contributed by atoms with Gasteiger partial charge in [0.2, 0.25) is 5.78 Å². The van der Waals surface area contributed by atoms with Crippen LogP contribution >= 0.6 is 46.6 Å². The van der Waals surface area contributed by atoms with Crippen molar-refractivity contribution in [3.63, 3.8) is 0 Å². The molecule has 1 saturated heterocycles. The van der Waals surface area contributed by atoms with Crippen molar-refractivity contribution < 1.29 is 14.3 Å². The first-order valence-corrected chi connectivity index (χ1v) is 8.63. The molecule has 1 fully saturated rings. The molecule has 116 valence electrons. The molecule has 1 aliphatic rings. The number of alkyl halides is 3. The minimum absolute atomic E-state index is 0.134. The van der Waals surface area contributed by atoms with Gasteiger partial charge in [-0.1, -0.05) is 34.8 Å². The van der Waals surface area contributed by atoms with Crippen molar-refractivity contribution in [2.24, 2.45) is 0 Å². The minimum atomic E-state index is -2.04. The standard InChI is InChI=1S/C13H14Cl3NO3S/c1-20-12(19)10-5-8(11(18)13(14,15)16)6-17(10)9-3-2-4-21-7-9/h5-6,9H,2-4,7H2,1H3. The van der Waals surface area contributed by atoms with Crippen LogP contribution in [0.4, 0.5) is 0 Å². The van der Waals surface area contributed by atoms with Crippen molar-refractivity contribution in [3.05, 3.63) is 23.5 Å². The Bertz CT molecular complexity index is 547. The van der Waals surface area contributed by atoms with Gasteiger partial charge in [0.1, 0.15) is 5.69 Å². The van der Waals surface area contributed by atoms with Crippen molar-refractivity contribution in [2.75, 3.05) is 18.6 Å². The molecule has 0 saturated carbocycles. The van der Waals surface area contributed by atoms with Crippen LogP contribution in [-0.4, -0.2) is 38.7 Å². The fraction of sp³-hybridized carbons (Fsp3) is 0.538. The summed E-state index contributed by atoms with van der Waals surface area (Å²) in [6.45, 7) is 0. The summed E-state index contributed by atoms with van der Waals surface area (Å²) >= 11 is 18.7. The number of thioether (sulfide) groups is 1. The van der Waals surface area contributed by atoms with E-state index in [0.29, 0.717) is 5.69 Å². The van der Waals surface area contributed by atoms with Crippen LogP contribution in [0.15, 0.2) is 12.3 Å². The summed E-state index contributed by atoms with van der Waals surface area (Å²) in [6, 6.07) is 1.56. The molecule has 2 rings (SSSR count). The topological polar surface area (TPSA) is 48.3 Å². The van der Waals surface area contributed by atoms with E-state index >= 15 is 0 Å². The number of methoxy groups -OCH3 is 1. The van der Waals surface area contributed by atoms with Crippen LogP contribution in [0.25, 0.3) is 0 Å². The van der Waals surface area contributed by atoms with Crippen molar-refractivity contribution in [1.29, 1.82) is 0 Å². The highest BCUT2D eigenvalue weighted by Gasteiger charge is 2.34. The summed E-state index contributed by atoms with van der Waals surface area (Å²) in [5.74, 6) is 0.819. The third-order valence-corrected chi connectivity index (χ3v) is 5.01. The highest BCUT2D eigenvalue weighted by Crippen LogP contribution is 2.33. The molecule has 0 amide bonds. The molecule has 0 bridgehead atoms. The molecule has 1 aromatic heterocycles. The number of ketones is 1. The molecule has 8 heteroatoms. The number of carbonyl (C=O) groups is 2. The zero-order chi connectivity index (χ0) is 15.6. The van der Waals surface area contributed by atoms with Crippen molar-refractivity contribution in [2.45, 2.75) is 22.7 Å². The number of halogens is 3. The van der Waals surface area contributed by atoms with Crippen LogP contribution in [0.2, 0.25) is 0 Å². The SMILES string of the molecule is COC(=O)c1cc(C(=O)C(Cl)(Cl)Cl)cn1C1CCCSC1. The Labute approximate surface area is 142 Å². The van der Waals surface area contributed by atoms with E-state index in [1.807, 2.05) is 11.8 Å². The number of hydrogen-bond acceptors (Lipinski definition) is 4. The van der Waals surface area contributed by atoms with Gasteiger partial charge in [0.25, 0.3) is 3.79 Å². The molecule has 1 aromatic rings. The molecular weight excluding hydrogens is 357 g/mol. The van der Waals surface area contributed by atoms with Crippen LogP contribution < -0.4 is 0 Å². The van der Waals surface area contributed by atoms with Crippen molar-refractivity contribution in [3.8, 4) is 0 Å². The first-order chi connectivity index (χ1) is 9.84. The number of aromatic nitrogens is 1. The van der Waals surface area contributed by atoms with Crippen LogP contribution in [-0.2, 0) is 4.74 Å². The molecule has 1 atom stereocenters. The molecule has 1 unspecified atom stereocenters. The number of hydrogen-bond donors (Lipinski definition) is 0. The van der Waals surface area contributed by atoms with Crippen LogP contribution in [0, 0.1) is 0 Å². The second kappa shape index (κ2) is 6.82. The predicted octanol–water partition coefficient (Wildman–Crippen LogP) is 3.90. The molecule has 0 spiro atoms. The summed E-state index contributed by atoms with van der Waals surface area (Å²) in [5, 5.41) is 0. The van der Waals surface area contributed by atoms with Gasteiger partial charge in [-0.3, -0.25) is 4.79 Å². The molecule has 0 radical (unpaired) electrons. The summed E-state index contributed by atoms with van der Waals surface area (Å²) in [6.07, 6.45) is 3.57. The van der Waals surface area contributed by atoms with Crippen LogP contribution in [0.5, 0.6) is 0 Å². The van der Waals surface area contributed by atoms with Crippen LogP contribution in [0.3, 0.4) is 0 Å². The number of carbonyl (C=O) groups excluding carboxylic acids is 2. The van der Waals surface area contributed by atoms with E-state index in [9.17, 15) is 9.59 Å². The van der Waals surface area contributed by atoms with E-state index in [2.05, 4.69) is 0 Å². The van der Waals surface area contributed by atoms with E-state index in [1.54, 1.807) is 10.8 Å². The molecular formula is C13H14Cl3NO3S. The maximum atomic E-state index is 12.1.